The Balaban J connectivity index is 2.65. The van der Waals surface area contributed by atoms with Crippen LogP contribution in [0, 0.1) is 6.92 Å². The molecule has 13 heavy (non-hydrogen) atoms. The number of hydrogen-bond donors (Lipinski definition) is 0. The van der Waals surface area contributed by atoms with Gasteiger partial charge in [0.05, 0.1) is 0 Å². The van der Waals surface area contributed by atoms with Gasteiger partial charge in [-0.05, 0) is 0 Å². The summed E-state index contributed by atoms with van der Waals surface area (Å²) in [6.45, 7) is 2.12. The molecule has 0 amide bonds. The fourth-order valence-corrected chi connectivity index (χ4v) is 3.22. The molecule has 1 rings (SSSR count). The van der Waals surface area contributed by atoms with Gasteiger partial charge < -0.3 is 0 Å². The van der Waals surface area contributed by atoms with Crippen molar-refractivity contribution in [2.75, 3.05) is 14.1 Å². The summed E-state index contributed by atoms with van der Waals surface area (Å²) in [6, 6.07) is 8.74. The van der Waals surface area contributed by atoms with Crippen LogP contribution in [0.1, 0.15) is 5.56 Å². The predicted molar refractivity (Wildman–Crippen MR) is 61.0 cm³/mol. The van der Waals surface area contributed by atoms with E-state index in [-0.39, 0.29) is 0 Å². The van der Waals surface area contributed by atoms with E-state index >= 15 is 0 Å². The maximum absolute atomic E-state index is 3.11. The molecule has 0 spiro atoms. The van der Waals surface area contributed by atoms with Gasteiger partial charge in [0.15, 0.2) is 0 Å². The first-order valence-corrected chi connectivity index (χ1v) is 6.62. The summed E-state index contributed by atoms with van der Waals surface area (Å²) < 4.78 is 2.75. The van der Waals surface area contributed by atoms with Crippen molar-refractivity contribution in [1.82, 2.24) is 4.90 Å². The first-order chi connectivity index (χ1) is 6.09. The van der Waals surface area contributed by atoms with E-state index in [2.05, 4.69) is 65.8 Å². The van der Waals surface area contributed by atoms with E-state index in [1.165, 1.54) is 13.5 Å². The molecule has 3 heteroatoms. The van der Waals surface area contributed by atoms with Gasteiger partial charge in [-0.25, -0.2) is 0 Å². The third-order valence-corrected chi connectivity index (χ3v) is 5.46. The summed E-state index contributed by atoms with van der Waals surface area (Å²) in [4.78, 5) is 2.14. The van der Waals surface area contributed by atoms with Crippen molar-refractivity contribution in [3.8, 4) is 0 Å². The number of benzene rings is 1. The Morgan fingerprint density at radius 3 is 2.23 bits per heavy atom. The van der Waals surface area contributed by atoms with Crippen molar-refractivity contribution in [2.45, 2.75) is 6.92 Å². The van der Waals surface area contributed by atoms with Crippen LogP contribution < -0.4 is 4.46 Å². The van der Waals surface area contributed by atoms with Crippen molar-refractivity contribution < 1.29 is 0 Å². The van der Waals surface area contributed by atoms with Crippen LogP contribution in [-0.4, -0.2) is 53.0 Å². The topological polar surface area (TPSA) is 3.24 Å². The summed E-state index contributed by atoms with van der Waals surface area (Å²) in [5.41, 5.74) is 1.33. The van der Waals surface area contributed by atoms with Crippen LogP contribution in [0.2, 0.25) is 0 Å². The summed E-state index contributed by atoms with van der Waals surface area (Å²) in [5, 5.41) is 0. The molecule has 70 valence electrons. The molecule has 0 heterocycles. The van der Waals surface area contributed by atoms with Gasteiger partial charge >= 0.3 is 94.2 Å². The van der Waals surface area contributed by atoms with E-state index in [0.717, 1.165) is 0 Å². The van der Waals surface area contributed by atoms with Crippen molar-refractivity contribution in [1.29, 1.82) is 0 Å². The van der Waals surface area contributed by atoms with Gasteiger partial charge in [0.25, 0.3) is 0 Å². The van der Waals surface area contributed by atoms with Crippen LogP contribution in [0.25, 0.3) is 0 Å². The van der Waals surface area contributed by atoms with E-state index in [0.29, 0.717) is 15.0 Å². The van der Waals surface area contributed by atoms with Crippen molar-refractivity contribution in [3.05, 3.63) is 29.8 Å². The Hall–Kier alpha value is -0.0710. The molecule has 0 N–H and O–H groups in total. The molecule has 1 aromatic carbocycles. The zero-order valence-electron chi connectivity index (χ0n) is 8.07. The second kappa shape index (κ2) is 4.97. The molecule has 0 aliphatic rings. The van der Waals surface area contributed by atoms with Crippen molar-refractivity contribution >= 4 is 38.4 Å². The minimum atomic E-state index is 0.428. The molecular weight excluding hydrogens is 292 g/mol. The normalized spacial score (nSPS) is 9.77. The Kier molecular flexibility index (Phi) is 4.21. The summed E-state index contributed by atoms with van der Waals surface area (Å²) in [5.74, 6) is 0. The fraction of sp³-hybridized carbons (Fsp3) is 0.300. The molecule has 0 aromatic heterocycles. The van der Waals surface area contributed by atoms with Gasteiger partial charge in [-0.2, -0.15) is 0 Å². The average Bonchev–Trinajstić information content (AvgIpc) is 2.08. The molecule has 0 unspecified atom stereocenters. The van der Waals surface area contributed by atoms with Crippen LogP contribution in [0.15, 0.2) is 24.3 Å². The molecule has 0 fully saturated rings. The van der Waals surface area contributed by atoms with Crippen LogP contribution in [0.5, 0.6) is 0 Å². The summed E-state index contributed by atoms with van der Waals surface area (Å²) >= 11 is 3.54. The average molecular weight is 305 g/mol. The number of nitrogens with zero attached hydrogens (tertiary/aromatic N) is 1. The van der Waals surface area contributed by atoms with E-state index in [1.807, 2.05) is 0 Å². The Morgan fingerprint density at radius 2 is 1.77 bits per heavy atom. The van der Waals surface area contributed by atoms with Gasteiger partial charge in [0.1, 0.15) is 0 Å². The van der Waals surface area contributed by atoms with Gasteiger partial charge in [0.2, 0.25) is 0 Å². The SMILES string of the molecule is Cc1ccc([Se]C(=[Se])N(C)C)cc1. The number of aryl methyl sites for hydroxylation is 1. The van der Waals surface area contributed by atoms with Gasteiger partial charge in [-0.15, -0.1) is 0 Å². The minimum absolute atomic E-state index is 0.428. The first-order valence-electron chi connectivity index (χ1n) is 4.05. The number of rotatable bonds is 3. The van der Waals surface area contributed by atoms with E-state index in [9.17, 15) is 0 Å². The molecular formula is C10H13NSe2. The quantitative estimate of drug-likeness (QED) is 0.718. The van der Waals surface area contributed by atoms with Crippen LogP contribution in [-0.2, 0) is 0 Å². The Bertz CT molecular complexity index is 290. The molecule has 1 nitrogen and oxygen atoms in total. The summed E-state index contributed by atoms with van der Waals surface area (Å²) in [7, 11) is 4.14. The first kappa shape index (κ1) is 11.0. The second-order valence-electron chi connectivity index (χ2n) is 3.08. The molecule has 1 aromatic rings. The molecule has 0 saturated heterocycles. The monoisotopic (exact) mass is 307 g/mol. The third kappa shape index (κ3) is 3.66. The molecule has 0 atom stereocenters. The molecule has 0 aliphatic carbocycles. The van der Waals surface area contributed by atoms with E-state index in [4.69, 9.17) is 0 Å². The maximum atomic E-state index is 3.11. The number of hydrogen-bond acceptors (Lipinski definition) is 1. The third-order valence-electron chi connectivity index (χ3n) is 1.59. The van der Waals surface area contributed by atoms with Crippen LogP contribution in [0.3, 0.4) is 0 Å². The Morgan fingerprint density at radius 1 is 1.23 bits per heavy atom. The molecule has 0 bridgehead atoms. The van der Waals surface area contributed by atoms with Gasteiger partial charge in [0, 0.05) is 0 Å². The van der Waals surface area contributed by atoms with E-state index < -0.39 is 0 Å². The van der Waals surface area contributed by atoms with Crippen molar-refractivity contribution in [2.24, 2.45) is 0 Å². The van der Waals surface area contributed by atoms with Gasteiger partial charge in [-0.1, -0.05) is 0 Å². The zero-order valence-corrected chi connectivity index (χ0v) is 11.5. The van der Waals surface area contributed by atoms with Crippen LogP contribution >= 0.6 is 0 Å². The molecule has 0 aliphatic heterocycles. The predicted octanol–water partition coefficient (Wildman–Crippen LogP) is 0.142. The second-order valence-corrected chi connectivity index (χ2v) is 7.43. The molecule has 0 radical (unpaired) electrons. The molecule has 0 saturated carbocycles. The van der Waals surface area contributed by atoms with Gasteiger partial charge in [-0.3, -0.25) is 0 Å². The van der Waals surface area contributed by atoms with Crippen molar-refractivity contribution in [3.63, 3.8) is 0 Å². The fourth-order valence-electron chi connectivity index (χ4n) is 0.798. The van der Waals surface area contributed by atoms with E-state index in [1.54, 1.807) is 0 Å². The summed E-state index contributed by atoms with van der Waals surface area (Å²) in [6.07, 6.45) is 0. The standard InChI is InChI=1S/C10H13NSe2/c1-8-4-6-9(7-5-8)13-10(12)11(2)3/h4-7H,1-3H3. The zero-order chi connectivity index (χ0) is 9.84. The van der Waals surface area contributed by atoms with Crippen LogP contribution in [0.4, 0.5) is 0 Å². The Labute approximate surface area is 94.0 Å².